The van der Waals surface area contributed by atoms with Crippen LogP contribution in [0.5, 0.6) is 11.5 Å². The van der Waals surface area contributed by atoms with Crippen LogP contribution < -0.4 is 24.0 Å². The minimum absolute atomic E-state index is 0.0762. The lowest BCUT2D eigenvalue weighted by Crippen LogP contribution is -3.27. The molecule has 1 aromatic carbocycles. The molecule has 0 bridgehead atoms. The molecule has 0 spiro atoms. The highest BCUT2D eigenvalue weighted by atomic mass is 32.2. The topological polar surface area (TPSA) is 73.5 Å². The van der Waals surface area contributed by atoms with Gasteiger partial charge in [0.2, 0.25) is 16.8 Å². The van der Waals surface area contributed by atoms with Gasteiger partial charge >= 0.3 is 0 Å². The number of likely N-dealkylation sites (N-methyl/N-ethyl adjacent to an activating group) is 1. The molecule has 0 unspecified atom stereocenters. The van der Waals surface area contributed by atoms with Crippen LogP contribution >= 0.6 is 0 Å². The zero-order chi connectivity index (χ0) is 16.4. The molecule has 7 nitrogen and oxygen atoms in total. The number of quaternary nitrogens is 2. The van der Waals surface area contributed by atoms with Gasteiger partial charge in [-0.25, -0.2) is 13.1 Å². The summed E-state index contributed by atoms with van der Waals surface area (Å²) in [4.78, 5) is 2.93. The highest BCUT2D eigenvalue weighted by molar-refractivity contribution is 7.88. The van der Waals surface area contributed by atoms with E-state index in [-0.39, 0.29) is 12.8 Å². The summed E-state index contributed by atoms with van der Waals surface area (Å²) in [6.45, 7) is 4.87. The van der Waals surface area contributed by atoms with Crippen LogP contribution in [0.4, 0.5) is 0 Å². The lowest BCUT2D eigenvalue weighted by molar-refractivity contribution is -1.02. The van der Waals surface area contributed by atoms with Crippen LogP contribution in [0, 0.1) is 0 Å². The van der Waals surface area contributed by atoms with Gasteiger partial charge in [0, 0.05) is 5.56 Å². The van der Waals surface area contributed by atoms with Crippen LogP contribution in [-0.2, 0) is 10.0 Å². The fraction of sp³-hybridized carbons (Fsp3) is 0.600. The van der Waals surface area contributed by atoms with Crippen molar-refractivity contribution in [2.75, 3.05) is 52.8 Å². The number of fused-ring (bicyclic) bond motifs is 1. The molecule has 1 fully saturated rings. The Hall–Kier alpha value is -1.35. The summed E-state index contributed by atoms with van der Waals surface area (Å²) in [6, 6.07) is 5.98. The highest BCUT2D eigenvalue weighted by Crippen LogP contribution is 2.33. The lowest BCUT2D eigenvalue weighted by Gasteiger charge is -2.33. The van der Waals surface area contributed by atoms with Crippen LogP contribution in [0.15, 0.2) is 18.2 Å². The Morgan fingerprint density at radius 3 is 2.57 bits per heavy atom. The second kappa shape index (κ2) is 6.64. The van der Waals surface area contributed by atoms with Crippen LogP contribution in [0.2, 0.25) is 0 Å². The average molecular weight is 343 g/mol. The molecule has 3 N–H and O–H groups in total. The first kappa shape index (κ1) is 16.5. The molecule has 3 rings (SSSR count). The first-order valence-electron chi connectivity index (χ1n) is 7.92. The molecular formula is C15H25N3O4S+2. The summed E-state index contributed by atoms with van der Waals surface area (Å²) in [7, 11) is -1.02. The smallest absolute Gasteiger partial charge is 0.231 e. The molecule has 0 saturated carbocycles. The average Bonchev–Trinajstić information content (AvgIpc) is 2.96. The quantitative estimate of drug-likeness (QED) is 0.549. The van der Waals surface area contributed by atoms with E-state index in [1.54, 1.807) is 0 Å². The molecule has 0 aliphatic carbocycles. The van der Waals surface area contributed by atoms with Gasteiger partial charge in [-0.05, 0) is 18.2 Å². The van der Waals surface area contributed by atoms with E-state index in [4.69, 9.17) is 9.47 Å². The van der Waals surface area contributed by atoms with Crippen molar-refractivity contribution in [3.63, 3.8) is 0 Å². The normalized spacial score (nSPS) is 25.3. The van der Waals surface area contributed by atoms with Gasteiger partial charge in [0.15, 0.2) is 11.5 Å². The first-order valence-corrected chi connectivity index (χ1v) is 9.81. The number of nitrogens with one attached hydrogen (secondary N) is 3. The van der Waals surface area contributed by atoms with E-state index >= 15 is 0 Å². The molecule has 2 aliphatic heterocycles. The highest BCUT2D eigenvalue weighted by Gasteiger charge is 2.31. The van der Waals surface area contributed by atoms with Gasteiger partial charge in [0.25, 0.3) is 0 Å². The molecule has 0 radical (unpaired) electrons. The van der Waals surface area contributed by atoms with Crippen LogP contribution in [0.3, 0.4) is 0 Å². The van der Waals surface area contributed by atoms with E-state index in [1.165, 1.54) is 16.1 Å². The third-order valence-corrected chi connectivity index (χ3v) is 5.28. The predicted octanol–water partition coefficient (Wildman–Crippen LogP) is -2.58. The van der Waals surface area contributed by atoms with E-state index in [1.807, 2.05) is 18.2 Å². The number of hydrogen-bond donors (Lipinski definition) is 3. The summed E-state index contributed by atoms with van der Waals surface area (Å²) in [5, 5.41) is 0. The molecule has 8 heteroatoms. The largest absolute Gasteiger partial charge is 0.454 e. The predicted molar refractivity (Wildman–Crippen MR) is 85.5 cm³/mol. The molecule has 128 valence electrons. The van der Waals surface area contributed by atoms with E-state index in [2.05, 4.69) is 11.8 Å². The van der Waals surface area contributed by atoms with Gasteiger partial charge in [-0.1, -0.05) is 0 Å². The van der Waals surface area contributed by atoms with E-state index in [9.17, 15) is 8.42 Å². The Morgan fingerprint density at radius 2 is 1.87 bits per heavy atom. The van der Waals surface area contributed by atoms with Crippen molar-refractivity contribution in [3.05, 3.63) is 23.8 Å². The molecule has 1 saturated heterocycles. The van der Waals surface area contributed by atoms with Crippen LogP contribution in [0.1, 0.15) is 11.6 Å². The third kappa shape index (κ3) is 4.14. The number of hydrogen-bond acceptors (Lipinski definition) is 4. The van der Waals surface area contributed by atoms with Crippen molar-refractivity contribution in [2.24, 2.45) is 0 Å². The van der Waals surface area contributed by atoms with Crippen molar-refractivity contribution in [1.82, 2.24) is 4.72 Å². The molecule has 1 aromatic rings. The maximum Gasteiger partial charge on any atom is 0.231 e. The second-order valence-electron chi connectivity index (χ2n) is 6.40. The maximum absolute atomic E-state index is 11.5. The van der Waals surface area contributed by atoms with E-state index < -0.39 is 10.0 Å². The first-order chi connectivity index (χ1) is 10.9. The Kier molecular flexibility index (Phi) is 4.77. The van der Waals surface area contributed by atoms with Gasteiger partial charge in [-0.15, -0.1) is 0 Å². The lowest BCUT2D eigenvalue weighted by atomic mass is 10.0. The number of benzene rings is 1. The summed E-state index contributed by atoms with van der Waals surface area (Å²) in [6.07, 6.45) is 1.20. The van der Waals surface area contributed by atoms with Gasteiger partial charge in [0.05, 0.1) is 19.8 Å². The molecule has 2 aliphatic rings. The summed E-state index contributed by atoms with van der Waals surface area (Å²) in [5.41, 5.74) is 1.08. The standard InChI is InChI=1S/C15H23N3O4S/c1-17-5-7-18(8-6-17)13(10-16-23(2,19)20)12-3-4-14-15(9-12)22-11-21-14/h3-4,9,13,16H,5-8,10-11H2,1-2H3/p+2/t13-/m1/s1. The molecule has 23 heavy (non-hydrogen) atoms. The fourth-order valence-corrected chi connectivity index (χ4v) is 3.68. The summed E-state index contributed by atoms with van der Waals surface area (Å²) in [5.74, 6) is 1.49. The zero-order valence-corrected chi connectivity index (χ0v) is 14.4. The Balaban J connectivity index is 1.82. The summed E-state index contributed by atoms with van der Waals surface area (Å²) < 4.78 is 36.5. The molecule has 1 atom stereocenters. The molecule has 0 aromatic heterocycles. The molecular weight excluding hydrogens is 318 g/mol. The van der Waals surface area contributed by atoms with Crippen LogP contribution in [0.25, 0.3) is 0 Å². The van der Waals surface area contributed by atoms with Crippen molar-refractivity contribution >= 4 is 10.0 Å². The van der Waals surface area contributed by atoms with Crippen molar-refractivity contribution in [3.8, 4) is 11.5 Å². The van der Waals surface area contributed by atoms with Gasteiger partial charge in [-0.3, -0.25) is 0 Å². The summed E-state index contributed by atoms with van der Waals surface area (Å²) >= 11 is 0. The fourth-order valence-electron chi connectivity index (χ4n) is 3.21. The van der Waals surface area contributed by atoms with Crippen molar-refractivity contribution < 1.29 is 27.7 Å². The van der Waals surface area contributed by atoms with Crippen molar-refractivity contribution in [2.45, 2.75) is 6.04 Å². The monoisotopic (exact) mass is 343 g/mol. The minimum Gasteiger partial charge on any atom is -0.454 e. The Morgan fingerprint density at radius 1 is 1.17 bits per heavy atom. The number of sulfonamides is 1. The van der Waals surface area contributed by atoms with Gasteiger partial charge in [0.1, 0.15) is 32.2 Å². The minimum atomic E-state index is -3.21. The molecule has 2 heterocycles. The van der Waals surface area contributed by atoms with Crippen LogP contribution in [-0.4, -0.2) is 61.2 Å². The number of ether oxygens (including phenoxy) is 2. The SMILES string of the molecule is C[NH+]1CC[NH+]([C@H](CNS(C)(=O)=O)c2ccc3c(c2)OCO3)CC1. The van der Waals surface area contributed by atoms with Gasteiger partial charge < -0.3 is 19.3 Å². The second-order valence-corrected chi connectivity index (χ2v) is 8.23. The van der Waals surface area contributed by atoms with Gasteiger partial charge in [-0.2, -0.15) is 0 Å². The number of piperazine rings is 1. The number of rotatable bonds is 5. The van der Waals surface area contributed by atoms with E-state index in [0.29, 0.717) is 6.54 Å². The zero-order valence-electron chi connectivity index (χ0n) is 13.6. The maximum atomic E-state index is 11.5. The van der Waals surface area contributed by atoms with E-state index in [0.717, 1.165) is 43.2 Å². The molecule has 0 amide bonds. The Labute approximate surface area is 137 Å². The third-order valence-electron chi connectivity index (χ3n) is 4.59. The van der Waals surface area contributed by atoms with Crippen molar-refractivity contribution in [1.29, 1.82) is 0 Å². The Bertz CT molecular complexity index is 657.